The van der Waals surface area contributed by atoms with E-state index in [-0.39, 0.29) is 30.9 Å². The van der Waals surface area contributed by atoms with Crippen LogP contribution in [-0.2, 0) is 9.53 Å². The number of pyridine rings is 1. The topological polar surface area (TPSA) is 91.8 Å². The average molecular weight is 359 g/mol. The molecular formula is C19H25N3O4. The average Bonchev–Trinajstić information content (AvgIpc) is 2.70. The number of rotatable bonds is 5. The molecule has 3 rings (SSSR count). The van der Waals surface area contributed by atoms with Crippen LogP contribution in [0, 0.1) is 0 Å². The van der Waals surface area contributed by atoms with Gasteiger partial charge in [-0.15, -0.1) is 0 Å². The molecule has 0 aliphatic carbocycles. The Morgan fingerprint density at radius 2 is 2.04 bits per heavy atom. The van der Waals surface area contributed by atoms with E-state index in [1.165, 1.54) is 6.42 Å². The third kappa shape index (κ3) is 4.68. The van der Waals surface area contributed by atoms with Gasteiger partial charge >= 0.3 is 0 Å². The maximum Gasteiger partial charge on any atom is 0.270 e. The first-order valence-electron chi connectivity index (χ1n) is 9.11. The molecule has 1 saturated heterocycles. The number of aliphatic hydroxyl groups excluding tert-OH is 1. The summed E-state index contributed by atoms with van der Waals surface area (Å²) in [7, 11) is 0. The fourth-order valence-electron chi connectivity index (χ4n) is 3.30. The van der Waals surface area contributed by atoms with Gasteiger partial charge < -0.3 is 20.1 Å². The largest absolute Gasteiger partial charge is 0.394 e. The standard InChI is InChI=1S/C19H25N3O4/c23-13-17-15(21-19(25)16-6-2-3-9-20-16)8-7-14(26-17)12-18(24)22-10-4-1-5-11-22/h2-3,6-9,14-15,17,23H,1,4-5,10-13H2,(H,21,25)/t14-,15+,17-/m1/s1. The molecule has 3 heterocycles. The van der Waals surface area contributed by atoms with Crippen molar-refractivity contribution in [1.82, 2.24) is 15.2 Å². The second kappa shape index (κ2) is 8.91. The van der Waals surface area contributed by atoms with Gasteiger partial charge in [-0.2, -0.15) is 0 Å². The molecule has 2 amide bonds. The zero-order chi connectivity index (χ0) is 18.4. The van der Waals surface area contributed by atoms with Crippen LogP contribution in [0.3, 0.4) is 0 Å². The molecule has 2 aliphatic rings. The number of hydrogen-bond acceptors (Lipinski definition) is 5. The van der Waals surface area contributed by atoms with E-state index in [1.54, 1.807) is 36.5 Å². The van der Waals surface area contributed by atoms with E-state index >= 15 is 0 Å². The summed E-state index contributed by atoms with van der Waals surface area (Å²) >= 11 is 0. The lowest BCUT2D eigenvalue weighted by atomic mass is 10.0. The fourth-order valence-corrected chi connectivity index (χ4v) is 3.30. The second-order valence-corrected chi connectivity index (χ2v) is 6.64. The number of piperidine rings is 1. The van der Waals surface area contributed by atoms with Crippen LogP contribution in [0.4, 0.5) is 0 Å². The smallest absolute Gasteiger partial charge is 0.270 e. The summed E-state index contributed by atoms with van der Waals surface area (Å²) in [6, 6.07) is 4.63. The molecule has 0 saturated carbocycles. The van der Waals surface area contributed by atoms with Crippen molar-refractivity contribution in [2.24, 2.45) is 0 Å². The van der Waals surface area contributed by atoms with Crippen LogP contribution in [0.5, 0.6) is 0 Å². The fraction of sp³-hybridized carbons (Fsp3) is 0.526. The van der Waals surface area contributed by atoms with Gasteiger partial charge in [-0.1, -0.05) is 18.2 Å². The van der Waals surface area contributed by atoms with Gasteiger partial charge in [-0.25, -0.2) is 0 Å². The van der Waals surface area contributed by atoms with Crippen molar-refractivity contribution >= 4 is 11.8 Å². The van der Waals surface area contributed by atoms with Crippen LogP contribution in [0.2, 0.25) is 0 Å². The molecule has 2 N–H and O–H groups in total. The lowest BCUT2D eigenvalue weighted by Gasteiger charge is -2.33. The van der Waals surface area contributed by atoms with Gasteiger partial charge in [0.2, 0.25) is 5.91 Å². The van der Waals surface area contributed by atoms with Crippen molar-refractivity contribution in [3.05, 3.63) is 42.2 Å². The van der Waals surface area contributed by atoms with E-state index in [9.17, 15) is 14.7 Å². The monoisotopic (exact) mass is 359 g/mol. The van der Waals surface area contributed by atoms with E-state index < -0.39 is 12.1 Å². The Hall–Kier alpha value is -2.25. The van der Waals surface area contributed by atoms with Crippen LogP contribution in [0.25, 0.3) is 0 Å². The molecule has 0 radical (unpaired) electrons. The lowest BCUT2D eigenvalue weighted by Crippen LogP contribution is -2.49. The van der Waals surface area contributed by atoms with E-state index in [0.717, 1.165) is 25.9 Å². The Morgan fingerprint density at radius 1 is 1.23 bits per heavy atom. The van der Waals surface area contributed by atoms with Crippen LogP contribution in [-0.4, -0.2) is 64.8 Å². The summed E-state index contributed by atoms with van der Waals surface area (Å²) in [5, 5.41) is 12.4. The van der Waals surface area contributed by atoms with Crippen molar-refractivity contribution < 1.29 is 19.4 Å². The Labute approximate surface area is 153 Å². The maximum atomic E-state index is 12.4. The van der Waals surface area contributed by atoms with E-state index in [0.29, 0.717) is 5.69 Å². The zero-order valence-electron chi connectivity index (χ0n) is 14.7. The molecule has 7 nitrogen and oxygen atoms in total. The Morgan fingerprint density at radius 3 is 2.73 bits per heavy atom. The minimum Gasteiger partial charge on any atom is -0.394 e. The summed E-state index contributed by atoms with van der Waals surface area (Å²) in [4.78, 5) is 30.5. The van der Waals surface area contributed by atoms with Crippen molar-refractivity contribution in [2.75, 3.05) is 19.7 Å². The minimum absolute atomic E-state index is 0.0759. The molecule has 1 aromatic rings. The third-order valence-corrected chi connectivity index (χ3v) is 4.74. The number of aliphatic hydroxyl groups is 1. The van der Waals surface area contributed by atoms with Gasteiger partial charge in [0, 0.05) is 19.3 Å². The van der Waals surface area contributed by atoms with Crippen molar-refractivity contribution in [3.8, 4) is 0 Å². The highest BCUT2D eigenvalue weighted by Gasteiger charge is 2.30. The van der Waals surface area contributed by atoms with Crippen molar-refractivity contribution in [3.63, 3.8) is 0 Å². The Kier molecular flexibility index (Phi) is 6.35. The first-order valence-corrected chi connectivity index (χ1v) is 9.11. The van der Waals surface area contributed by atoms with Crippen LogP contribution in [0.15, 0.2) is 36.5 Å². The third-order valence-electron chi connectivity index (χ3n) is 4.74. The van der Waals surface area contributed by atoms with Gasteiger partial charge in [0.05, 0.1) is 25.2 Å². The molecular weight excluding hydrogens is 334 g/mol. The number of ether oxygens (including phenoxy) is 1. The normalized spacial score (nSPS) is 25.7. The number of nitrogens with zero attached hydrogens (tertiary/aromatic N) is 2. The quantitative estimate of drug-likeness (QED) is 0.762. The van der Waals surface area contributed by atoms with Gasteiger partial charge in [0.15, 0.2) is 0 Å². The summed E-state index contributed by atoms with van der Waals surface area (Å²) in [6.07, 6.45) is 7.69. The van der Waals surface area contributed by atoms with E-state index in [1.807, 2.05) is 4.90 Å². The molecule has 0 unspecified atom stereocenters. The molecule has 7 heteroatoms. The Bertz CT molecular complexity index is 643. The zero-order valence-corrected chi connectivity index (χ0v) is 14.7. The second-order valence-electron chi connectivity index (χ2n) is 6.64. The minimum atomic E-state index is -0.591. The maximum absolute atomic E-state index is 12.4. The van der Waals surface area contributed by atoms with Crippen LogP contribution < -0.4 is 5.32 Å². The van der Waals surface area contributed by atoms with Crippen LogP contribution >= 0.6 is 0 Å². The molecule has 1 fully saturated rings. The van der Waals surface area contributed by atoms with Crippen LogP contribution in [0.1, 0.15) is 36.2 Å². The highest BCUT2D eigenvalue weighted by atomic mass is 16.5. The number of carbonyl (C=O) groups is 2. The number of amides is 2. The molecule has 0 aromatic carbocycles. The predicted molar refractivity (Wildman–Crippen MR) is 95.4 cm³/mol. The Balaban J connectivity index is 1.57. The van der Waals surface area contributed by atoms with Crippen molar-refractivity contribution in [2.45, 2.75) is 43.9 Å². The summed E-state index contributed by atoms with van der Waals surface area (Å²) in [6.45, 7) is 1.37. The summed E-state index contributed by atoms with van der Waals surface area (Å²) in [5.74, 6) is -0.253. The molecule has 3 atom stereocenters. The summed E-state index contributed by atoms with van der Waals surface area (Å²) < 4.78 is 5.83. The van der Waals surface area contributed by atoms with Gasteiger partial charge in [-0.05, 0) is 31.4 Å². The number of nitrogens with one attached hydrogen (secondary N) is 1. The van der Waals surface area contributed by atoms with E-state index in [4.69, 9.17) is 4.74 Å². The first-order chi connectivity index (χ1) is 12.7. The van der Waals surface area contributed by atoms with E-state index in [2.05, 4.69) is 10.3 Å². The highest BCUT2D eigenvalue weighted by Crippen LogP contribution is 2.18. The number of carbonyl (C=O) groups excluding carboxylic acids is 2. The van der Waals surface area contributed by atoms with Gasteiger partial charge in [0.1, 0.15) is 11.8 Å². The number of aromatic nitrogens is 1. The SMILES string of the molecule is O=C(N[C@H]1C=C[C@H](CC(=O)N2CCCCC2)O[C@@H]1CO)c1ccccn1. The molecule has 0 bridgehead atoms. The van der Waals surface area contributed by atoms with Gasteiger partial charge in [0.25, 0.3) is 5.91 Å². The lowest BCUT2D eigenvalue weighted by molar-refractivity contribution is -0.136. The molecule has 140 valence electrons. The van der Waals surface area contributed by atoms with Crippen molar-refractivity contribution in [1.29, 1.82) is 0 Å². The number of hydrogen-bond donors (Lipinski definition) is 2. The predicted octanol–water partition coefficient (Wildman–Crippen LogP) is 0.898. The molecule has 2 aliphatic heterocycles. The molecule has 0 spiro atoms. The molecule has 1 aromatic heterocycles. The summed E-state index contributed by atoms with van der Waals surface area (Å²) in [5.41, 5.74) is 0.306. The highest BCUT2D eigenvalue weighted by molar-refractivity contribution is 5.92. The van der Waals surface area contributed by atoms with Gasteiger partial charge in [-0.3, -0.25) is 14.6 Å². The molecule has 26 heavy (non-hydrogen) atoms. The first kappa shape index (κ1) is 18.5. The number of likely N-dealkylation sites (tertiary alicyclic amines) is 1.